The molecule has 0 amide bonds. The van der Waals surface area contributed by atoms with Crippen LogP contribution in [-0.2, 0) is 11.0 Å². The minimum Gasteiger partial charge on any atom is -0.297 e. The molecule has 0 saturated carbocycles. The third-order valence-electron chi connectivity index (χ3n) is 4.85. The summed E-state index contributed by atoms with van der Waals surface area (Å²) in [6.07, 6.45) is 0.824. The van der Waals surface area contributed by atoms with Crippen LogP contribution in [0.5, 0.6) is 0 Å². The van der Waals surface area contributed by atoms with E-state index in [0.29, 0.717) is 6.54 Å². The molecule has 3 heteroatoms. The minimum absolute atomic E-state index is 0.648. The van der Waals surface area contributed by atoms with Crippen LogP contribution in [0.2, 0.25) is 0 Å². The Balaban J connectivity index is 1.61. The van der Waals surface area contributed by atoms with Gasteiger partial charge in [-0.2, -0.15) is 0 Å². The summed E-state index contributed by atoms with van der Waals surface area (Å²) in [5.74, 6) is 0. The lowest BCUT2D eigenvalue weighted by Gasteiger charge is -2.21. The van der Waals surface area contributed by atoms with E-state index in [0.717, 1.165) is 17.0 Å². The monoisotopic (exact) mass is 371 g/mol. The SMILES string of the molecule is O=P(NCCc1cccc2ccccc12)(c1ccccc1)c1ccccc1. The molecule has 0 unspecified atom stereocenters. The van der Waals surface area contributed by atoms with E-state index in [2.05, 4.69) is 47.6 Å². The van der Waals surface area contributed by atoms with Gasteiger partial charge in [-0.1, -0.05) is 78.9 Å². The Hall–Kier alpha value is -2.67. The van der Waals surface area contributed by atoms with E-state index < -0.39 is 7.29 Å². The molecule has 4 aromatic rings. The van der Waals surface area contributed by atoms with E-state index in [1.165, 1.54) is 16.3 Å². The zero-order valence-corrected chi connectivity index (χ0v) is 16.0. The normalized spacial score (nSPS) is 11.6. The smallest absolute Gasteiger partial charge is 0.204 e. The van der Waals surface area contributed by atoms with Gasteiger partial charge in [0.15, 0.2) is 0 Å². The first kappa shape index (κ1) is 17.7. The fourth-order valence-corrected chi connectivity index (χ4v) is 5.74. The molecule has 4 aromatic carbocycles. The maximum absolute atomic E-state index is 14.0. The second kappa shape index (κ2) is 7.92. The van der Waals surface area contributed by atoms with Gasteiger partial charge in [0, 0.05) is 17.2 Å². The Morgan fingerprint density at radius 2 is 1.19 bits per heavy atom. The summed E-state index contributed by atoms with van der Waals surface area (Å²) in [6, 6.07) is 34.2. The van der Waals surface area contributed by atoms with Crippen molar-refractivity contribution in [2.45, 2.75) is 6.42 Å². The molecular formula is C24H22NOP. The van der Waals surface area contributed by atoms with E-state index in [9.17, 15) is 4.57 Å². The van der Waals surface area contributed by atoms with Crippen molar-refractivity contribution >= 4 is 28.7 Å². The highest BCUT2D eigenvalue weighted by Crippen LogP contribution is 2.38. The fourth-order valence-electron chi connectivity index (χ4n) is 3.47. The van der Waals surface area contributed by atoms with Crippen LogP contribution >= 0.6 is 7.29 Å². The van der Waals surface area contributed by atoms with Crippen molar-refractivity contribution in [3.8, 4) is 0 Å². The summed E-state index contributed by atoms with van der Waals surface area (Å²) in [7, 11) is -2.87. The highest BCUT2D eigenvalue weighted by molar-refractivity contribution is 7.76. The maximum Gasteiger partial charge on any atom is 0.204 e. The lowest BCUT2D eigenvalue weighted by Crippen LogP contribution is -2.29. The van der Waals surface area contributed by atoms with Crippen LogP contribution in [0.25, 0.3) is 10.8 Å². The second-order valence-corrected chi connectivity index (χ2v) is 9.14. The molecule has 0 heterocycles. The Morgan fingerprint density at radius 1 is 0.630 bits per heavy atom. The number of rotatable bonds is 6. The molecule has 0 fully saturated rings. The molecule has 0 aromatic heterocycles. The molecule has 0 aliphatic rings. The fraction of sp³-hybridized carbons (Fsp3) is 0.0833. The van der Waals surface area contributed by atoms with Crippen LogP contribution in [0.3, 0.4) is 0 Å². The summed E-state index contributed by atoms with van der Waals surface area (Å²) in [5, 5.41) is 7.58. The summed E-state index contributed by atoms with van der Waals surface area (Å²) in [4.78, 5) is 0. The zero-order chi connectivity index (χ0) is 18.5. The molecule has 0 radical (unpaired) electrons. The predicted octanol–water partition coefficient (Wildman–Crippen LogP) is 4.90. The van der Waals surface area contributed by atoms with Gasteiger partial charge in [-0.05, 0) is 47.0 Å². The molecule has 0 aliphatic heterocycles. The molecule has 4 rings (SSSR count). The summed E-state index contributed by atoms with van der Waals surface area (Å²) >= 11 is 0. The van der Waals surface area contributed by atoms with E-state index in [-0.39, 0.29) is 0 Å². The highest BCUT2D eigenvalue weighted by Gasteiger charge is 2.26. The number of nitrogens with one attached hydrogen (secondary N) is 1. The lowest BCUT2D eigenvalue weighted by atomic mass is 10.0. The van der Waals surface area contributed by atoms with E-state index in [1.807, 2.05) is 60.7 Å². The number of fused-ring (bicyclic) bond motifs is 1. The van der Waals surface area contributed by atoms with Gasteiger partial charge in [-0.3, -0.25) is 9.65 Å². The third-order valence-corrected chi connectivity index (χ3v) is 7.57. The molecule has 0 spiro atoms. The lowest BCUT2D eigenvalue weighted by molar-refractivity contribution is 0.578. The molecule has 0 bridgehead atoms. The van der Waals surface area contributed by atoms with Crippen LogP contribution < -0.4 is 15.7 Å². The molecule has 134 valence electrons. The second-order valence-electron chi connectivity index (χ2n) is 6.58. The molecule has 27 heavy (non-hydrogen) atoms. The van der Waals surface area contributed by atoms with Gasteiger partial charge in [0.1, 0.15) is 0 Å². The summed E-state index contributed by atoms with van der Waals surface area (Å²) in [5.41, 5.74) is 1.27. The Bertz CT molecular complexity index is 1030. The average molecular weight is 371 g/mol. The molecular weight excluding hydrogens is 349 g/mol. The first-order valence-electron chi connectivity index (χ1n) is 9.20. The van der Waals surface area contributed by atoms with Crippen LogP contribution in [0.15, 0.2) is 103 Å². The van der Waals surface area contributed by atoms with E-state index >= 15 is 0 Å². The number of hydrogen-bond donors (Lipinski definition) is 1. The van der Waals surface area contributed by atoms with Crippen LogP contribution in [0.4, 0.5) is 0 Å². The minimum atomic E-state index is -2.87. The van der Waals surface area contributed by atoms with Crippen molar-refractivity contribution in [1.29, 1.82) is 0 Å². The number of benzene rings is 4. The van der Waals surface area contributed by atoms with E-state index in [4.69, 9.17) is 0 Å². The molecule has 0 atom stereocenters. The largest absolute Gasteiger partial charge is 0.297 e. The van der Waals surface area contributed by atoms with Crippen molar-refractivity contribution in [3.63, 3.8) is 0 Å². The highest BCUT2D eigenvalue weighted by atomic mass is 31.2. The van der Waals surface area contributed by atoms with Gasteiger partial charge < -0.3 is 0 Å². The van der Waals surface area contributed by atoms with Gasteiger partial charge in [-0.25, -0.2) is 0 Å². The van der Waals surface area contributed by atoms with Crippen molar-refractivity contribution in [1.82, 2.24) is 5.09 Å². The van der Waals surface area contributed by atoms with Crippen LogP contribution in [0, 0.1) is 0 Å². The Morgan fingerprint density at radius 3 is 1.85 bits per heavy atom. The Labute approximate surface area is 160 Å². The van der Waals surface area contributed by atoms with Crippen LogP contribution in [0.1, 0.15) is 5.56 Å². The van der Waals surface area contributed by atoms with Crippen LogP contribution in [-0.4, -0.2) is 6.54 Å². The number of hydrogen-bond acceptors (Lipinski definition) is 1. The molecule has 0 aliphatic carbocycles. The van der Waals surface area contributed by atoms with E-state index in [1.54, 1.807) is 0 Å². The third kappa shape index (κ3) is 3.73. The van der Waals surface area contributed by atoms with Gasteiger partial charge >= 0.3 is 0 Å². The summed E-state index contributed by atoms with van der Waals surface area (Å²) in [6.45, 7) is 0.648. The van der Waals surface area contributed by atoms with Gasteiger partial charge in [-0.15, -0.1) is 0 Å². The topological polar surface area (TPSA) is 29.1 Å². The molecule has 2 nitrogen and oxygen atoms in total. The van der Waals surface area contributed by atoms with Gasteiger partial charge in [0.05, 0.1) is 0 Å². The standard InChI is InChI=1S/C24H22NOP/c26-27(22-13-3-1-4-14-22,23-15-5-2-6-16-23)25-19-18-21-12-9-11-20-10-7-8-17-24(20)21/h1-17H,18-19H2,(H,25,26). The Kier molecular flexibility index (Phi) is 5.20. The molecule has 0 saturated heterocycles. The first-order chi connectivity index (χ1) is 13.3. The molecule has 1 N–H and O–H groups in total. The van der Waals surface area contributed by atoms with Gasteiger partial charge in [0.25, 0.3) is 0 Å². The average Bonchev–Trinajstić information content (AvgIpc) is 2.75. The van der Waals surface area contributed by atoms with Crippen molar-refractivity contribution in [2.75, 3.05) is 6.54 Å². The maximum atomic E-state index is 14.0. The van der Waals surface area contributed by atoms with Crippen molar-refractivity contribution in [2.24, 2.45) is 0 Å². The predicted molar refractivity (Wildman–Crippen MR) is 115 cm³/mol. The van der Waals surface area contributed by atoms with Gasteiger partial charge in [0.2, 0.25) is 7.29 Å². The van der Waals surface area contributed by atoms with Crippen molar-refractivity contribution in [3.05, 3.63) is 109 Å². The summed E-state index contributed by atoms with van der Waals surface area (Å²) < 4.78 is 14.0. The quantitative estimate of drug-likeness (QED) is 0.489. The van der Waals surface area contributed by atoms with Crippen molar-refractivity contribution < 1.29 is 4.57 Å². The first-order valence-corrected chi connectivity index (χ1v) is 10.9. The zero-order valence-electron chi connectivity index (χ0n) is 15.1.